The summed E-state index contributed by atoms with van der Waals surface area (Å²) in [6, 6.07) is 8.60. The predicted octanol–water partition coefficient (Wildman–Crippen LogP) is 3.15. The average molecular weight is 335 g/mol. The molecule has 0 radical (unpaired) electrons. The smallest absolute Gasteiger partial charge is 0.0900 e. The van der Waals surface area contributed by atoms with E-state index in [0.29, 0.717) is 13.2 Å². The van der Waals surface area contributed by atoms with Crippen molar-refractivity contribution >= 4 is 0 Å². The molecule has 0 saturated carbocycles. The Bertz CT molecular complexity index is 475. The SMILES string of the molecule is Cc1ccc(CN(C[C@@H](O)COC(C)(C)C)C[C@@H]2CCCO2)cc1. The molecule has 4 nitrogen and oxygen atoms in total. The van der Waals surface area contributed by atoms with Crippen molar-refractivity contribution in [1.82, 2.24) is 4.90 Å². The van der Waals surface area contributed by atoms with Crippen LogP contribution in [0.5, 0.6) is 0 Å². The maximum absolute atomic E-state index is 10.4. The molecule has 0 aromatic heterocycles. The molecule has 0 aliphatic carbocycles. The second-order valence-electron chi connectivity index (χ2n) is 7.89. The molecular formula is C20H33NO3. The van der Waals surface area contributed by atoms with Crippen molar-refractivity contribution in [3.63, 3.8) is 0 Å². The van der Waals surface area contributed by atoms with Crippen LogP contribution in [-0.4, -0.2) is 54.1 Å². The van der Waals surface area contributed by atoms with E-state index in [9.17, 15) is 5.11 Å². The fourth-order valence-electron chi connectivity index (χ4n) is 2.93. The number of rotatable bonds is 8. The first kappa shape index (κ1) is 19.4. The molecule has 0 unspecified atom stereocenters. The van der Waals surface area contributed by atoms with Gasteiger partial charge >= 0.3 is 0 Å². The van der Waals surface area contributed by atoms with Crippen molar-refractivity contribution in [1.29, 1.82) is 0 Å². The number of aryl methyl sites for hydroxylation is 1. The van der Waals surface area contributed by atoms with Crippen LogP contribution in [0.25, 0.3) is 0 Å². The summed E-state index contributed by atoms with van der Waals surface area (Å²) in [4.78, 5) is 2.29. The van der Waals surface area contributed by atoms with Gasteiger partial charge in [0.05, 0.1) is 24.4 Å². The van der Waals surface area contributed by atoms with Gasteiger partial charge in [-0.25, -0.2) is 0 Å². The molecular weight excluding hydrogens is 302 g/mol. The molecule has 1 fully saturated rings. The summed E-state index contributed by atoms with van der Waals surface area (Å²) in [5.41, 5.74) is 2.31. The first-order valence-electron chi connectivity index (χ1n) is 9.03. The van der Waals surface area contributed by atoms with E-state index >= 15 is 0 Å². The van der Waals surface area contributed by atoms with Gasteiger partial charge in [-0.15, -0.1) is 0 Å². The highest BCUT2D eigenvalue weighted by Gasteiger charge is 2.22. The minimum Gasteiger partial charge on any atom is -0.389 e. The van der Waals surface area contributed by atoms with Crippen LogP contribution in [0.3, 0.4) is 0 Å². The van der Waals surface area contributed by atoms with Crippen LogP contribution in [0.1, 0.15) is 44.7 Å². The lowest BCUT2D eigenvalue weighted by Gasteiger charge is -2.29. The van der Waals surface area contributed by atoms with Gasteiger partial charge in [-0.1, -0.05) is 29.8 Å². The second-order valence-corrected chi connectivity index (χ2v) is 7.89. The largest absolute Gasteiger partial charge is 0.389 e. The van der Waals surface area contributed by atoms with Crippen LogP contribution >= 0.6 is 0 Å². The predicted molar refractivity (Wildman–Crippen MR) is 97.1 cm³/mol. The van der Waals surface area contributed by atoms with Crippen molar-refractivity contribution in [2.45, 2.75) is 64.9 Å². The fraction of sp³-hybridized carbons (Fsp3) is 0.700. The summed E-state index contributed by atoms with van der Waals surface area (Å²) in [6.07, 6.45) is 2.04. The van der Waals surface area contributed by atoms with Crippen LogP contribution in [0.4, 0.5) is 0 Å². The van der Waals surface area contributed by atoms with Crippen LogP contribution in [0.15, 0.2) is 24.3 Å². The van der Waals surface area contributed by atoms with E-state index in [1.54, 1.807) is 0 Å². The Kier molecular flexibility index (Phi) is 7.23. The van der Waals surface area contributed by atoms with Crippen molar-refractivity contribution in [3.05, 3.63) is 35.4 Å². The van der Waals surface area contributed by atoms with Crippen LogP contribution in [-0.2, 0) is 16.0 Å². The first-order valence-corrected chi connectivity index (χ1v) is 9.03. The molecule has 1 heterocycles. The van der Waals surface area contributed by atoms with E-state index in [4.69, 9.17) is 9.47 Å². The summed E-state index contributed by atoms with van der Waals surface area (Å²) in [7, 11) is 0. The average Bonchev–Trinajstić information content (AvgIpc) is 3.00. The standard InChI is InChI=1S/C20H33NO3/c1-16-7-9-17(10-8-16)12-21(14-19-6-5-11-23-19)13-18(22)15-24-20(2,3)4/h7-10,18-19,22H,5-6,11-15H2,1-4H3/t18-,19+/m1/s1. The lowest BCUT2D eigenvalue weighted by Crippen LogP contribution is -2.40. The topological polar surface area (TPSA) is 41.9 Å². The Hall–Kier alpha value is -0.940. The third-order valence-electron chi connectivity index (χ3n) is 4.19. The normalized spacial score (nSPS) is 19.8. The minimum atomic E-state index is -0.490. The highest BCUT2D eigenvalue weighted by molar-refractivity contribution is 5.21. The summed E-state index contributed by atoms with van der Waals surface area (Å²) in [5.74, 6) is 0. The summed E-state index contributed by atoms with van der Waals surface area (Å²) in [6.45, 7) is 11.6. The van der Waals surface area contributed by atoms with E-state index < -0.39 is 6.10 Å². The zero-order valence-corrected chi connectivity index (χ0v) is 15.6. The molecule has 0 bridgehead atoms. The van der Waals surface area contributed by atoms with Gasteiger partial charge in [0.2, 0.25) is 0 Å². The number of nitrogens with zero attached hydrogens (tertiary/aromatic N) is 1. The number of hydrogen-bond acceptors (Lipinski definition) is 4. The monoisotopic (exact) mass is 335 g/mol. The highest BCUT2D eigenvalue weighted by Crippen LogP contribution is 2.16. The number of benzene rings is 1. The van der Waals surface area contributed by atoms with Gasteiger partial charge < -0.3 is 14.6 Å². The molecule has 2 atom stereocenters. The lowest BCUT2D eigenvalue weighted by molar-refractivity contribution is -0.0594. The van der Waals surface area contributed by atoms with E-state index in [0.717, 1.165) is 32.5 Å². The Balaban J connectivity index is 1.92. The van der Waals surface area contributed by atoms with Crippen LogP contribution in [0.2, 0.25) is 0 Å². The van der Waals surface area contributed by atoms with Crippen molar-refractivity contribution in [2.24, 2.45) is 0 Å². The zero-order valence-electron chi connectivity index (χ0n) is 15.6. The molecule has 0 spiro atoms. The van der Waals surface area contributed by atoms with E-state index in [-0.39, 0.29) is 11.7 Å². The number of hydrogen-bond donors (Lipinski definition) is 1. The van der Waals surface area contributed by atoms with Crippen molar-refractivity contribution in [2.75, 3.05) is 26.3 Å². The molecule has 4 heteroatoms. The molecule has 2 rings (SSSR count). The van der Waals surface area contributed by atoms with Gasteiger partial charge in [0.1, 0.15) is 0 Å². The van der Waals surface area contributed by atoms with Gasteiger partial charge in [0, 0.05) is 26.2 Å². The first-order chi connectivity index (χ1) is 11.3. The van der Waals surface area contributed by atoms with Gasteiger partial charge in [-0.3, -0.25) is 4.90 Å². The number of aliphatic hydroxyl groups excluding tert-OH is 1. The quantitative estimate of drug-likeness (QED) is 0.792. The van der Waals surface area contributed by atoms with Crippen molar-refractivity contribution in [3.8, 4) is 0 Å². The Morgan fingerprint density at radius 3 is 2.58 bits per heavy atom. The Morgan fingerprint density at radius 2 is 2.00 bits per heavy atom. The molecule has 0 amide bonds. The molecule has 1 aromatic rings. The molecule has 1 saturated heterocycles. The molecule has 136 valence electrons. The summed E-state index contributed by atoms with van der Waals surface area (Å²) >= 11 is 0. The molecule has 24 heavy (non-hydrogen) atoms. The molecule has 1 N–H and O–H groups in total. The highest BCUT2D eigenvalue weighted by atomic mass is 16.5. The Morgan fingerprint density at radius 1 is 1.29 bits per heavy atom. The summed E-state index contributed by atoms with van der Waals surface area (Å²) in [5, 5.41) is 10.4. The fourth-order valence-corrected chi connectivity index (χ4v) is 2.93. The van der Waals surface area contributed by atoms with E-state index in [1.165, 1.54) is 11.1 Å². The molecule has 1 aromatic carbocycles. The summed E-state index contributed by atoms with van der Waals surface area (Å²) < 4.78 is 11.5. The second kappa shape index (κ2) is 8.95. The van der Waals surface area contributed by atoms with Gasteiger partial charge in [0.25, 0.3) is 0 Å². The van der Waals surface area contributed by atoms with Crippen LogP contribution < -0.4 is 0 Å². The molecule has 1 aliphatic rings. The van der Waals surface area contributed by atoms with E-state index in [2.05, 4.69) is 36.1 Å². The minimum absolute atomic E-state index is 0.225. The lowest BCUT2D eigenvalue weighted by atomic mass is 10.1. The third-order valence-corrected chi connectivity index (χ3v) is 4.19. The van der Waals surface area contributed by atoms with E-state index in [1.807, 2.05) is 20.8 Å². The third kappa shape index (κ3) is 7.31. The maximum atomic E-state index is 10.4. The zero-order chi connectivity index (χ0) is 17.6. The Labute approximate surface area is 146 Å². The van der Waals surface area contributed by atoms with Crippen LogP contribution in [0, 0.1) is 6.92 Å². The van der Waals surface area contributed by atoms with Gasteiger partial charge in [0.15, 0.2) is 0 Å². The number of aliphatic hydroxyl groups is 1. The molecule has 1 aliphatic heterocycles. The van der Waals surface area contributed by atoms with Gasteiger partial charge in [-0.2, -0.15) is 0 Å². The maximum Gasteiger partial charge on any atom is 0.0900 e. The van der Waals surface area contributed by atoms with Crippen molar-refractivity contribution < 1.29 is 14.6 Å². The van der Waals surface area contributed by atoms with Gasteiger partial charge in [-0.05, 0) is 46.1 Å². The number of ether oxygens (including phenoxy) is 2.